The van der Waals surface area contributed by atoms with Gasteiger partial charge in [0.15, 0.2) is 0 Å². The van der Waals surface area contributed by atoms with Gasteiger partial charge in [-0.2, -0.15) is 5.10 Å². The molecule has 0 fully saturated rings. The maximum absolute atomic E-state index is 12.8. The Morgan fingerprint density at radius 2 is 1.87 bits per heavy atom. The lowest BCUT2D eigenvalue weighted by Gasteiger charge is -2.06. The Kier molecular flexibility index (Phi) is 6.29. The van der Waals surface area contributed by atoms with Crippen LogP contribution in [0.4, 0.5) is 4.39 Å². The van der Waals surface area contributed by atoms with Crippen LogP contribution in [0.1, 0.15) is 11.1 Å². The van der Waals surface area contributed by atoms with E-state index >= 15 is 0 Å². The molecule has 2 aromatic rings. The van der Waals surface area contributed by atoms with Crippen LogP contribution in [0.5, 0.6) is 5.75 Å². The number of methoxy groups -OCH3 is 1. The minimum atomic E-state index is -0.331. The predicted octanol–water partition coefficient (Wildman–Crippen LogP) is 4.05. The maximum Gasteiger partial charge on any atom is 0.244 e. The second-order valence-corrected chi connectivity index (χ2v) is 6.32. The molecule has 7 heteroatoms. The lowest BCUT2D eigenvalue weighted by atomic mass is 10.1. The van der Waals surface area contributed by atoms with E-state index < -0.39 is 0 Å². The van der Waals surface area contributed by atoms with Crippen molar-refractivity contribution < 1.29 is 13.9 Å². The van der Waals surface area contributed by atoms with Gasteiger partial charge in [0, 0.05) is 0 Å². The number of hydrogen-bond donors (Lipinski definition) is 1. The Labute approximate surface area is 150 Å². The van der Waals surface area contributed by atoms with E-state index in [4.69, 9.17) is 4.74 Å². The molecular weight excluding hydrogens is 431 g/mol. The van der Waals surface area contributed by atoms with Crippen LogP contribution in [-0.4, -0.2) is 19.2 Å². The van der Waals surface area contributed by atoms with Gasteiger partial charge >= 0.3 is 0 Å². The third-order valence-corrected chi connectivity index (χ3v) is 4.08. The number of nitrogens with one attached hydrogen (secondary N) is 1. The number of amides is 1. The number of nitrogens with zero attached hydrogens (tertiary/aromatic N) is 1. The van der Waals surface area contributed by atoms with Crippen molar-refractivity contribution in [2.75, 3.05) is 7.11 Å². The molecule has 0 unspecified atom stereocenters. The molecule has 0 bridgehead atoms. The normalized spacial score (nSPS) is 10.8. The van der Waals surface area contributed by atoms with Crippen molar-refractivity contribution in [1.82, 2.24) is 5.43 Å². The number of carbonyl (C=O) groups excluding carboxylic acids is 1. The zero-order valence-electron chi connectivity index (χ0n) is 12.1. The zero-order valence-corrected chi connectivity index (χ0v) is 15.3. The van der Waals surface area contributed by atoms with Crippen LogP contribution in [0.2, 0.25) is 0 Å². The summed E-state index contributed by atoms with van der Waals surface area (Å²) in [6, 6.07) is 9.40. The second kappa shape index (κ2) is 8.21. The van der Waals surface area contributed by atoms with Crippen molar-refractivity contribution in [3.8, 4) is 5.75 Å². The van der Waals surface area contributed by atoms with Gasteiger partial charge in [-0.1, -0.05) is 12.1 Å². The Balaban J connectivity index is 1.96. The van der Waals surface area contributed by atoms with Crippen molar-refractivity contribution in [3.63, 3.8) is 0 Å². The Bertz CT molecular complexity index is 710. The molecule has 0 radical (unpaired) electrons. The van der Waals surface area contributed by atoms with Gasteiger partial charge in [0.1, 0.15) is 11.6 Å². The fourth-order valence-electron chi connectivity index (χ4n) is 1.86. The maximum atomic E-state index is 12.8. The van der Waals surface area contributed by atoms with Crippen LogP contribution in [0.25, 0.3) is 0 Å². The Hall–Kier alpha value is -1.73. The van der Waals surface area contributed by atoms with Crippen LogP contribution in [0.3, 0.4) is 0 Å². The SMILES string of the molecule is COc1c(Br)cc(/C=N/NC(=O)Cc2ccc(F)cc2)cc1Br. The highest BCUT2D eigenvalue weighted by atomic mass is 79.9. The third-order valence-electron chi connectivity index (χ3n) is 2.91. The van der Waals surface area contributed by atoms with E-state index in [0.717, 1.165) is 14.5 Å². The zero-order chi connectivity index (χ0) is 16.8. The van der Waals surface area contributed by atoms with Crippen molar-refractivity contribution >= 4 is 44.0 Å². The first-order valence-electron chi connectivity index (χ1n) is 6.59. The number of benzene rings is 2. The largest absolute Gasteiger partial charge is 0.494 e. The van der Waals surface area contributed by atoms with Crippen LogP contribution >= 0.6 is 31.9 Å². The Morgan fingerprint density at radius 1 is 1.26 bits per heavy atom. The summed E-state index contributed by atoms with van der Waals surface area (Å²) >= 11 is 6.79. The van der Waals surface area contributed by atoms with E-state index in [-0.39, 0.29) is 18.1 Å². The summed E-state index contributed by atoms with van der Waals surface area (Å²) in [5.74, 6) is 0.0739. The van der Waals surface area contributed by atoms with Crippen molar-refractivity contribution in [2.24, 2.45) is 5.10 Å². The number of rotatable bonds is 5. The summed E-state index contributed by atoms with van der Waals surface area (Å²) in [7, 11) is 1.58. The molecule has 0 heterocycles. The minimum Gasteiger partial charge on any atom is -0.494 e. The molecule has 0 aliphatic rings. The quantitative estimate of drug-likeness (QED) is 0.559. The molecule has 1 amide bonds. The molecule has 0 atom stereocenters. The van der Waals surface area contributed by atoms with E-state index in [1.807, 2.05) is 12.1 Å². The average Bonchev–Trinajstić information content (AvgIpc) is 2.49. The first kappa shape index (κ1) is 17.6. The van der Waals surface area contributed by atoms with E-state index in [9.17, 15) is 9.18 Å². The molecule has 2 aromatic carbocycles. The number of carbonyl (C=O) groups is 1. The predicted molar refractivity (Wildman–Crippen MR) is 94.2 cm³/mol. The summed E-state index contributed by atoms with van der Waals surface area (Å²) in [6.45, 7) is 0. The summed E-state index contributed by atoms with van der Waals surface area (Å²) in [5, 5.41) is 3.91. The highest BCUT2D eigenvalue weighted by Gasteiger charge is 2.07. The molecule has 4 nitrogen and oxygen atoms in total. The first-order chi connectivity index (χ1) is 11.0. The smallest absolute Gasteiger partial charge is 0.244 e. The number of hydrogen-bond acceptors (Lipinski definition) is 3. The van der Waals surface area contributed by atoms with Gasteiger partial charge in [-0.05, 0) is 67.3 Å². The average molecular weight is 444 g/mol. The lowest BCUT2D eigenvalue weighted by Crippen LogP contribution is -2.19. The van der Waals surface area contributed by atoms with Crippen molar-refractivity contribution in [3.05, 3.63) is 62.3 Å². The van der Waals surface area contributed by atoms with Gasteiger partial charge in [-0.25, -0.2) is 9.82 Å². The van der Waals surface area contributed by atoms with E-state index in [1.165, 1.54) is 18.3 Å². The fraction of sp³-hybridized carbons (Fsp3) is 0.125. The molecule has 2 rings (SSSR count). The van der Waals surface area contributed by atoms with Gasteiger partial charge in [0.05, 0.1) is 28.7 Å². The number of hydrazone groups is 1. The highest BCUT2D eigenvalue weighted by Crippen LogP contribution is 2.33. The topological polar surface area (TPSA) is 50.7 Å². The van der Waals surface area contributed by atoms with Gasteiger partial charge in [-0.3, -0.25) is 4.79 Å². The van der Waals surface area contributed by atoms with E-state index in [2.05, 4.69) is 42.4 Å². The third kappa shape index (κ3) is 5.14. The Morgan fingerprint density at radius 3 is 2.43 bits per heavy atom. The fourth-order valence-corrected chi connectivity index (χ4v) is 3.40. The standard InChI is InChI=1S/C16H13Br2FN2O2/c1-23-16-13(17)6-11(7-14(16)18)9-20-21-15(22)8-10-2-4-12(19)5-3-10/h2-7,9H,8H2,1H3,(H,21,22)/b20-9+. The second-order valence-electron chi connectivity index (χ2n) is 4.61. The molecule has 0 aromatic heterocycles. The minimum absolute atomic E-state index is 0.133. The molecule has 23 heavy (non-hydrogen) atoms. The summed E-state index contributed by atoms with van der Waals surface area (Å²) < 4.78 is 19.6. The molecule has 0 spiro atoms. The molecular formula is C16H13Br2FN2O2. The van der Waals surface area contributed by atoms with Crippen LogP contribution in [0.15, 0.2) is 50.4 Å². The van der Waals surface area contributed by atoms with Gasteiger partial charge < -0.3 is 4.74 Å². The summed E-state index contributed by atoms with van der Waals surface area (Å²) in [5.41, 5.74) is 3.94. The van der Waals surface area contributed by atoms with E-state index in [1.54, 1.807) is 19.2 Å². The molecule has 0 saturated heterocycles. The molecule has 0 saturated carbocycles. The van der Waals surface area contributed by atoms with E-state index in [0.29, 0.717) is 11.3 Å². The number of ether oxygens (including phenoxy) is 1. The molecule has 1 N–H and O–H groups in total. The van der Waals surface area contributed by atoms with Crippen LogP contribution in [-0.2, 0) is 11.2 Å². The van der Waals surface area contributed by atoms with Crippen molar-refractivity contribution in [2.45, 2.75) is 6.42 Å². The van der Waals surface area contributed by atoms with Gasteiger partial charge in [-0.15, -0.1) is 0 Å². The van der Waals surface area contributed by atoms with Crippen LogP contribution in [0, 0.1) is 5.82 Å². The summed E-state index contributed by atoms with van der Waals surface area (Å²) in [6.07, 6.45) is 1.66. The monoisotopic (exact) mass is 442 g/mol. The van der Waals surface area contributed by atoms with Gasteiger partial charge in [0.25, 0.3) is 0 Å². The number of halogens is 3. The van der Waals surface area contributed by atoms with Crippen molar-refractivity contribution in [1.29, 1.82) is 0 Å². The molecule has 120 valence electrons. The highest BCUT2D eigenvalue weighted by molar-refractivity contribution is 9.11. The molecule has 0 aliphatic carbocycles. The van der Waals surface area contributed by atoms with Crippen LogP contribution < -0.4 is 10.2 Å². The van der Waals surface area contributed by atoms with Gasteiger partial charge in [0.2, 0.25) is 5.91 Å². The summed E-state index contributed by atoms with van der Waals surface area (Å²) in [4.78, 5) is 11.8. The lowest BCUT2D eigenvalue weighted by molar-refractivity contribution is -0.120. The molecule has 0 aliphatic heterocycles. The first-order valence-corrected chi connectivity index (χ1v) is 8.17.